The second kappa shape index (κ2) is 5.96. The highest BCUT2D eigenvalue weighted by Crippen LogP contribution is 2.48. The van der Waals surface area contributed by atoms with Gasteiger partial charge < -0.3 is 5.32 Å². The first-order valence-corrected chi connectivity index (χ1v) is 8.09. The average Bonchev–Trinajstić information content (AvgIpc) is 2.88. The number of nitrogens with one attached hydrogen (secondary N) is 1. The quantitative estimate of drug-likeness (QED) is 0.912. The second-order valence-electron chi connectivity index (χ2n) is 6.28. The van der Waals surface area contributed by atoms with Crippen LogP contribution in [-0.4, -0.2) is 12.5 Å². The maximum Gasteiger partial charge on any atom is 0.231 e. The van der Waals surface area contributed by atoms with Crippen LogP contribution in [0.15, 0.2) is 54.6 Å². The summed E-state index contributed by atoms with van der Waals surface area (Å²) in [5, 5.41) is 3.12. The van der Waals surface area contributed by atoms with Crippen molar-refractivity contribution in [2.45, 2.75) is 38.0 Å². The largest absolute Gasteiger partial charge is 0.355 e. The van der Waals surface area contributed by atoms with Crippen molar-refractivity contribution < 1.29 is 4.79 Å². The van der Waals surface area contributed by atoms with E-state index < -0.39 is 5.41 Å². The number of hydrogen-bond donors (Lipinski definition) is 1. The second-order valence-corrected chi connectivity index (χ2v) is 6.28. The standard InChI is InChI=1S/C20H23NO/c1-3-13-21-19(22)20(2)17-12-8-7-11-16(17)14-18(20)15-9-5-4-6-10-15/h4-12,18H,3,13-14H2,1-2H3,(H,21,22)/t18-,20+/m0/s1. The smallest absolute Gasteiger partial charge is 0.231 e. The molecule has 2 heteroatoms. The molecule has 2 aromatic carbocycles. The van der Waals surface area contributed by atoms with Crippen LogP contribution >= 0.6 is 0 Å². The van der Waals surface area contributed by atoms with E-state index in [1.54, 1.807) is 0 Å². The van der Waals surface area contributed by atoms with Crippen LogP contribution in [0, 0.1) is 0 Å². The summed E-state index contributed by atoms with van der Waals surface area (Å²) in [5.41, 5.74) is 3.23. The Morgan fingerprint density at radius 2 is 1.82 bits per heavy atom. The Labute approximate surface area is 132 Å². The molecule has 0 heterocycles. The van der Waals surface area contributed by atoms with Crippen LogP contribution in [0.1, 0.15) is 42.9 Å². The molecule has 1 aliphatic rings. The zero-order valence-corrected chi connectivity index (χ0v) is 13.3. The topological polar surface area (TPSA) is 29.1 Å². The Hall–Kier alpha value is -2.09. The molecule has 1 amide bonds. The summed E-state index contributed by atoms with van der Waals surface area (Å²) in [5.74, 6) is 0.344. The van der Waals surface area contributed by atoms with Crippen molar-refractivity contribution >= 4 is 5.91 Å². The van der Waals surface area contributed by atoms with Crippen molar-refractivity contribution in [3.63, 3.8) is 0 Å². The molecular weight excluding hydrogens is 270 g/mol. The normalized spacial score (nSPS) is 23.1. The molecule has 22 heavy (non-hydrogen) atoms. The molecule has 0 unspecified atom stereocenters. The number of hydrogen-bond acceptors (Lipinski definition) is 1. The number of rotatable bonds is 4. The molecule has 2 nitrogen and oxygen atoms in total. The van der Waals surface area contributed by atoms with Gasteiger partial charge in [0, 0.05) is 12.5 Å². The van der Waals surface area contributed by atoms with Gasteiger partial charge in [0.05, 0.1) is 5.41 Å². The van der Waals surface area contributed by atoms with Crippen LogP contribution in [0.5, 0.6) is 0 Å². The Bertz CT molecular complexity index is 664. The Balaban J connectivity index is 2.05. The third-order valence-electron chi connectivity index (χ3n) is 4.91. The first kappa shape index (κ1) is 14.8. The molecule has 3 rings (SSSR count). The fourth-order valence-corrected chi connectivity index (χ4v) is 3.66. The van der Waals surface area contributed by atoms with Crippen molar-refractivity contribution in [2.24, 2.45) is 0 Å². The van der Waals surface area contributed by atoms with Crippen LogP contribution in [0.2, 0.25) is 0 Å². The van der Waals surface area contributed by atoms with E-state index >= 15 is 0 Å². The molecule has 1 aliphatic carbocycles. The molecule has 0 aliphatic heterocycles. The van der Waals surface area contributed by atoms with E-state index in [2.05, 4.69) is 61.6 Å². The van der Waals surface area contributed by atoms with E-state index in [9.17, 15) is 4.79 Å². The van der Waals surface area contributed by atoms with E-state index in [-0.39, 0.29) is 11.8 Å². The van der Waals surface area contributed by atoms with Crippen LogP contribution in [0.4, 0.5) is 0 Å². The summed E-state index contributed by atoms with van der Waals surface area (Å²) in [4.78, 5) is 13.0. The zero-order valence-electron chi connectivity index (χ0n) is 13.3. The molecule has 0 spiro atoms. The van der Waals surface area contributed by atoms with E-state index in [1.807, 2.05) is 12.1 Å². The third-order valence-corrected chi connectivity index (χ3v) is 4.91. The van der Waals surface area contributed by atoms with Crippen molar-refractivity contribution in [1.82, 2.24) is 5.32 Å². The molecule has 2 atom stereocenters. The minimum absolute atomic E-state index is 0.146. The highest BCUT2D eigenvalue weighted by molar-refractivity contribution is 5.90. The molecule has 0 radical (unpaired) electrons. The Morgan fingerprint density at radius 3 is 2.55 bits per heavy atom. The number of carbonyl (C=O) groups excluding carboxylic acids is 1. The predicted octanol–water partition coefficient (Wildman–Crippen LogP) is 3.81. The third kappa shape index (κ3) is 2.33. The van der Waals surface area contributed by atoms with Crippen molar-refractivity contribution in [3.8, 4) is 0 Å². The number of benzene rings is 2. The van der Waals surface area contributed by atoms with Gasteiger partial charge in [0.15, 0.2) is 0 Å². The number of carbonyl (C=O) groups is 1. The zero-order chi connectivity index (χ0) is 15.6. The minimum atomic E-state index is -0.493. The van der Waals surface area contributed by atoms with Gasteiger partial charge in [-0.1, -0.05) is 61.5 Å². The average molecular weight is 293 g/mol. The molecular formula is C20H23NO. The first-order valence-electron chi connectivity index (χ1n) is 8.09. The molecule has 1 N–H and O–H groups in total. The van der Waals surface area contributed by atoms with Crippen LogP contribution in [-0.2, 0) is 16.6 Å². The summed E-state index contributed by atoms with van der Waals surface area (Å²) in [6.07, 6.45) is 1.88. The SMILES string of the molecule is CCCNC(=O)[C@]1(C)c2ccccc2C[C@H]1c1ccccc1. The lowest BCUT2D eigenvalue weighted by atomic mass is 9.72. The van der Waals surface area contributed by atoms with Gasteiger partial charge in [-0.05, 0) is 36.5 Å². The van der Waals surface area contributed by atoms with Gasteiger partial charge in [0.25, 0.3) is 0 Å². The van der Waals surface area contributed by atoms with Gasteiger partial charge in [-0.25, -0.2) is 0 Å². The van der Waals surface area contributed by atoms with Crippen molar-refractivity contribution in [1.29, 1.82) is 0 Å². The monoisotopic (exact) mass is 293 g/mol. The maximum atomic E-state index is 13.0. The van der Waals surface area contributed by atoms with Gasteiger partial charge in [-0.3, -0.25) is 4.79 Å². The maximum absolute atomic E-state index is 13.0. The fraction of sp³-hybridized carbons (Fsp3) is 0.350. The molecule has 0 aromatic heterocycles. The lowest BCUT2D eigenvalue weighted by Crippen LogP contribution is -2.44. The predicted molar refractivity (Wildman–Crippen MR) is 90.0 cm³/mol. The van der Waals surface area contributed by atoms with Gasteiger partial charge >= 0.3 is 0 Å². The highest BCUT2D eigenvalue weighted by Gasteiger charge is 2.48. The van der Waals surface area contributed by atoms with Crippen molar-refractivity contribution in [3.05, 3.63) is 71.3 Å². The highest BCUT2D eigenvalue weighted by atomic mass is 16.2. The number of fused-ring (bicyclic) bond motifs is 1. The van der Waals surface area contributed by atoms with Crippen LogP contribution in [0.25, 0.3) is 0 Å². The van der Waals surface area contributed by atoms with Crippen LogP contribution < -0.4 is 5.32 Å². The van der Waals surface area contributed by atoms with E-state index in [4.69, 9.17) is 0 Å². The van der Waals surface area contributed by atoms with E-state index in [1.165, 1.54) is 16.7 Å². The Kier molecular flexibility index (Phi) is 4.02. The van der Waals surface area contributed by atoms with Gasteiger partial charge in [-0.15, -0.1) is 0 Å². The molecule has 0 saturated heterocycles. The van der Waals surface area contributed by atoms with Crippen molar-refractivity contribution in [2.75, 3.05) is 6.54 Å². The molecule has 0 fully saturated rings. The summed E-state index contributed by atoms with van der Waals surface area (Å²) >= 11 is 0. The molecule has 0 bridgehead atoms. The molecule has 114 valence electrons. The Morgan fingerprint density at radius 1 is 1.14 bits per heavy atom. The first-order chi connectivity index (χ1) is 10.7. The van der Waals surface area contributed by atoms with Crippen LogP contribution in [0.3, 0.4) is 0 Å². The lowest BCUT2D eigenvalue weighted by Gasteiger charge is -2.32. The van der Waals surface area contributed by atoms with E-state index in [0.29, 0.717) is 0 Å². The summed E-state index contributed by atoms with van der Waals surface area (Å²) in [6, 6.07) is 18.8. The summed E-state index contributed by atoms with van der Waals surface area (Å²) in [7, 11) is 0. The molecule has 2 aromatic rings. The minimum Gasteiger partial charge on any atom is -0.355 e. The number of amides is 1. The van der Waals surface area contributed by atoms with Gasteiger partial charge in [-0.2, -0.15) is 0 Å². The molecule has 0 saturated carbocycles. The van der Waals surface area contributed by atoms with Gasteiger partial charge in [0.2, 0.25) is 5.91 Å². The summed E-state index contributed by atoms with van der Waals surface area (Å²) < 4.78 is 0. The van der Waals surface area contributed by atoms with E-state index in [0.717, 1.165) is 19.4 Å². The van der Waals surface area contributed by atoms with Gasteiger partial charge in [0.1, 0.15) is 0 Å². The fourth-order valence-electron chi connectivity index (χ4n) is 3.66. The summed E-state index contributed by atoms with van der Waals surface area (Å²) in [6.45, 7) is 4.92. The lowest BCUT2D eigenvalue weighted by molar-refractivity contribution is -0.126.